The second kappa shape index (κ2) is 7.04. The molecule has 1 saturated carbocycles. The van der Waals surface area contributed by atoms with Crippen LogP contribution in [0.25, 0.3) is 0 Å². The van der Waals surface area contributed by atoms with E-state index in [9.17, 15) is 4.79 Å². The van der Waals surface area contributed by atoms with Gasteiger partial charge in [-0.15, -0.1) is 0 Å². The summed E-state index contributed by atoms with van der Waals surface area (Å²) >= 11 is 0. The molecule has 0 bridgehead atoms. The third-order valence-corrected chi connectivity index (χ3v) is 2.82. The number of esters is 1. The Morgan fingerprint density at radius 3 is 2.69 bits per heavy atom. The third kappa shape index (κ3) is 4.05. The van der Waals surface area contributed by atoms with Crippen molar-refractivity contribution < 1.29 is 9.53 Å². The SMILES string of the molecule is C=CC(=O)OCC/C=C1\CCCC\C1=C/C. The van der Waals surface area contributed by atoms with Crippen LogP contribution in [0.2, 0.25) is 0 Å². The summed E-state index contributed by atoms with van der Waals surface area (Å²) in [6.07, 6.45) is 11.3. The second-order valence-corrected chi connectivity index (χ2v) is 3.91. The summed E-state index contributed by atoms with van der Waals surface area (Å²) in [5.41, 5.74) is 2.89. The minimum Gasteiger partial charge on any atom is -0.462 e. The highest BCUT2D eigenvalue weighted by atomic mass is 16.5. The number of carbonyl (C=O) groups is 1. The molecular formula is C14H20O2. The number of hydrogen-bond donors (Lipinski definition) is 0. The third-order valence-electron chi connectivity index (χ3n) is 2.82. The highest BCUT2D eigenvalue weighted by molar-refractivity contribution is 5.81. The number of hydrogen-bond acceptors (Lipinski definition) is 2. The summed E-state index contributed by atoms with van der Waals surface area (Å²) in [7, 11) is 0. The van der Waals surface area contributed by atoms with Crippen molar-refractivity contribution in [3.8, 4) is 0 Å². The molecule has 0 aromatic rings. The quantitative estimate of drug-likeness (QED) is 0.411. The van der Waals surface area contributed by atoms with E-state index in [2.05, 4.69) is 25.7 Å². The fourth-order valence-electron chi connectivity index (χ4n) is 1.97. The Morgan fingerprint density at radius 2 is 2.06 bits per heavy atom. The summed E-state index contributed by atoms with van der Waals surface area (Å²) in [6, 6.07) is 0. The van der Waals surface area contributed by atoms with Crippen LogP contribution < -0.4 is 0 Å². The lowest BCUT2D eigenvalue weighted by molar-refractivity contribution is -0.137. The Morgan fingerprint density at radius 1 is 1.38 bits per heavy atom. The van der Waals surface area contributed by atoms with Gasteiger partial charge in [-0.25, -0.2) is 4.79 Å². The summed E-state index contributed by atoms with van der Waals surface area (Å²) in [5.74, 6) is -0.340. The van der Waals surface area contributed by atoms with E-state index in [0.717, 1.165) is 12.8 Å². The van der Waals surface area contributed by atoms with E-state index in [-0.39, 0.29) is 5.97 Å². The molecule has 0 atom stereocenters. The van der Waals surface area contributed by atoms with Crippen molar-refractivity contribution in [3.63, 3.8) is 0 Å². The van der Waals surface area contributed by atoms with Gasteiger partial charge in [-0.05, 0) is 43.8 Å². The van der Waals surface area contributed by atoms with Gasteiger partial charge in [-0.1, -0.05) is 18.7 Å². The van der Waals surface area contributed by atoms with Crippen molar-refractivity contribution in [1.29, 1.82) is 0 Å². The van der Waals surface area contributed by atoms with E-state index in [1.54, 1.807) is 0 Å². The fourth-order valence-corrected chi connectivity index (χ4v) is 1.97. The molecule has 0 N–H and O–H groups in total. The topological polar surface area (TPSA) is 26.3 Å². The van der Waals surface area contributed by atoms with Gasteiger partial charge in [-0.3, -0.25) is 0 Å². The van der Waals surface area contributed by atoms with Crippen LogP contribution in [-0.2, 0) is 9.53 Å². The number of allylic oxidation sites excluding steroid dienone is 3. The van der Waals surface area contributed by atoms with E-state index in [0.29, 0.717) is 6.61 Å². The molecule has 0 heterocycles. The molecule has 1 aliphatic carbocycles. The largest absolute Gasteiger partial charge is 0.462 e. The first kappa shape index (κ1) is 12.8. The first-order chi connectivity index (χ1) is 7.77. The average Bonchev–Trinajstić information content (AvgIpc) is 2.34. The zero-order valence-electron chi connectivity index (χ0n) is 10.00. The minimum absolute atomic E-state index is 0.340. The lowest BCUT2D eigenvalue weighted by Gasteiger charge is -2.17. The molecule has 2 nitrogen and oxygen atoms in total. The molecule has 0 aromatic heterocycles. The number of rotatable bonds is 4. The number of ether oxygens (including phenoxy) is 1. The maximum atomic E-state index is 10.8. The molecule has 0 saturated heterocycles. The van der Waals surface area contributed by atoms with Crippen LogP contribution >= 0.6 is 0 Å². The number of carbonyl (C=O) groups excluding carboxylic acids is 1. The van der Waals surface area contributed by atoms with E-state index in [1.165, 1.54) is 36.5 Å². The summed E-state index contributed by atoms with van der Waals surface area (Å²) in [6.45, 7) is 5.89. The Kier molecular flexibility index (Phi) is 5.62. The molecule has 1 aliphatic rings. The standard InChI is InChI=1S/C14H20O2/c1-3-12-8-5-6-9-13(12)10-7-11-16-14(15)4-2/h3-4,10H,2,5-9,11H2,1H3/b12-3+,13-10+. The average molecular weight is 220 g/mol. The lowest BCUT2D eigenvalue weighted by atomic mass is 9.89. The first-order valence-electron chi connectivity index (χ1n) is 5.91. The van der Waals surface area contributed by atoms with Gasteiger partial charge >= 0.3 is 5.97 Å². The van der Waals surface area contributed by atoms with Crippen LogP contribution in [0.3, 0.4) is 0 Å². The predicted octanol–water partition coefficient (Wildman–Crippen LogP) is 3.55. The maximum Gasteiger partial charge on any atom is 0.330 e. The molecule has 2 heteroatoms. The fraction of sp³-hybridized carbons (Fsp3) is 0.500. The predicted molar refractivity (Wildman–Crippen MR) is 66.1 cm³/mol. The smallest absolute Gasteiger partial charge is 0.330 e. The molecule has 0 spiro atoms. The van der Waals surface area contributed by atoms with Crippen LogP contribution in [-0.4, -0.2) is 12.6 Å². The van der Waals surface area contributed by atoms with Gasteiger partial charge in [0.05, 0.1) is 6.61 Å². The van der Waals surface area contributed by atoms with Crippen molar-refractivity contribution in [2.24, 2.45) is 0 Å². The summed E-state index contributed by atoms with van der Waals surface area (Å²) < 4.78 is 4.93. The van der Waals surface area contributed by atoms with Crippen molar-refractivity contribution >= 4 is 5.97 Å². The maximum absolute atomic E-state index is 10.8. The molecule has 0 aromatic carbocycles. The molecule has 0 amide bonds. The Bertz CT molecular complexity index is 311. The molecular weight excluding hydrogens is 200 g/mol. The Labute approximate surface area is 97.7 Å². The Balaban J connectivity index is 2.37. The van der Waals surface area contributed by atoms with Crippen molar-refractivity contribution in [2.75, 3.05) is 6.61 Å². The van der Waals surface area contributed by atoms with Gasteiger partial charge in [0.25, 0.3) is 0 Å². The molecule has 16 heavy (non-hydrogen) atoms. The monoisotopic (exact) mass is 220 g/mol. The van der Waals surface area contributed by atoms with Crippen LogP contribution in [0.5, 0.6) is 0 Å². The lowest BCUT2D eigenvalue weighted by Crippen LogP contribution is -2.02. The second-order valence-electron chi connectivity index (χ2n) is 3.91. The summed E-state index contributed by atoms with van der Waals surface area (Å²) in [5, 5.41) is 0. The minimum atomic E-state index is -0.340. The van der Waals surface area contributed by atoms with Crippen molar-refractivity contribution in [3.05, 3.63) is 36.0 Å². The normalized spacial score (nSPS) is 21.1. The molecule has 0 radical (unpaired) electrons. The van der Waals surface area contributed by atoms with Gasteiger partial charge in [0, 0.05) is 12.5 Å². The molecule has 1 fully saturated rings. The molecule has 0 aliphatic heterocycles. The van der Waals surface area contributed by atoms with Gasteiger partial charge in [0.1, 0.15) is 0 Å². The van der Waals surface area contributed by atoms with Gasteiger partial charge in [-0.2, -0.15) is 0 Å². The van der Waals surface area contributed by atoms with Crippen molar-refractivity contribution in [2.45, 2.75) is 39.0 Å². The highest BCUT2D eigenvalue weighted by Crippen LogP contribution is 2.28. The van der Waals surface area contributed by atoms with Crippen LogP contribution in [0.15, 0.2) is 36.0 Å². The van der Waals surface area contributed by atoms with E-state index < -0.39 is 0 Å². The van der Waals surface area contributed by atoms with Crippen LogP contribution in [0, 0.1) is 0 Å². The van der Waals surface area contributed by atoms with E-state index in [1.807, 2.05) is 0 Å². The van der Waals surface area contributed by atoms with Gasteiger partial charge in [0.2, 0.25) is 0 Å². The molecule has 1 rings (SSSR count). The van der Waals surface area contributed by atoms with Gasteiger partial charge < -0.3 is 4.74 Å². The summed E-state index contributed by atoms with van der Waals surface area (Å²) in [4.78, 5) is 10.8. The highest BCUT2D eigenvalue weighted by Gasteiger charge is 2.09. The zero-order chi connectivity index (χ0) is 11.8. The van der Waals surface area contributed by atoms with E-state index in [4.69, 9.17) is 4.74 Å². The van der Waals surface area contributed by atoms with Crippen molar-refractivity contribution in [1.82, 2.24) is 0 Å². The Hall–Kier alpha value is -1.31. The molecule has 0 unspecified atom stereocenters. The van der Waals surface area contributed by atoms with E-state index >= 15 is 0 Å². The zero-order valence-corrected chi connectivity index (χ0v) is 10.00. The first-order valence-corrected chi connectivity index (χ1v) is 5.91. The molecule has 88 valence electrons. The van der Waals surface area contributed by atoms with Gasteiger partial charge in [0.15, 0.2) is 0 Å². The van der Waals surface area contributed by atoms with Crippen LogP contribution in [0.4, 0.5) is 0 Å². The van der Waals surface area contributed by atoms with Crippen LogP contribution in [0.1, 0.15) is 39.0 Å².